The Morgan fingerprint density at radius 2 is 0.667 bits per heavy atom. The Kier molecular flexibility index (Phi) is 41.6. The lowest BCUT2D eigenvalue weighted by Crippen LogP contribution is -2.37. The van der Waals surface area contributed by atoms with E-state index in [2.05, 4.69) is 27.7 Å². The Bertz CT molecular complexity index is 875. The van der Waals surface area contributed by atoms with Gasteiger partial charge >= 0.3 is 17.9 Å². The van der Waals surface area contributed by atoms with E-state index in [-0.39, 0.29) is 25.2 Å². The van der Waals surface area contributed by atoms with Gasteiger partial charge in [-0.05, 0) is 51.4 Å². The lowest BCUT2D eigenvalue weighted by molar-refractivity contribution is -0.163. The van der Waals surface area contributed by atoms with E-state index in [4.69, 9.17) is 15.2 Å². The second-order valence-corrected chi connectivity index (χ2v) is 17.9. The summed E-state index contributed by atoms with van der Waals surface area (Å²) in [6.07, 6.45) is 48.1. The summed E-state index contributed by atoms with van der Waals surface area (Å²) in [5, 5.41) is 0. The highest BCUT2D eigenvalue weighted by atomic mass is 16.6. The minimum absolute atomic E-state index is 0.0655. The van der Waals surface area contributed by atoms with Crippen LogP contribution in [0.25, 0.3) is 0 Å². The van der Waals surface area contributed by atoms with Crippen LogP contribution in [0.2, 0.25) is 0 Å². The maximum absolute atomic E-state index is 13.5. The summed E-state index contributed by atoms with van der Waals surface area (Å²) in [7, 11) is 0. The fourth-order valence-corrected chi connectivity index (χ4v) is 8.30. The molecule has 0 amide bonds. The first-order chi connectivity index (χ1) is 27.8. The minimum Gasteiger partial charge on any atom is -0.459 e. The zero-order chi connectivity index (χ0) is 41.9. The molecule has 0 aromatic rings. The van der Waals surface area contributed by atoms with Gasteiger partial charge in [-0.3, -0.25) is 9.59 Å². The molecule has 0 saturated carbocycles. The van der Waals surface area contributed by atoms with Crippen molar-refractivity contribution in [2.75, 3.05) is 0 Å². The first-order valence-corrected chi connectivity index (χ1v) is 25.6. The van der Waals surface area contributed by atoms with Crippen LogP contribution in [-0.4, -0.2) is 29.6 Å². The quantitative estimate of drug-likeness (QED) is 0.0374. The summed E-state index contributed by atoms with van der Waals surface area (Å²) < 4.78 is 11.6. The van der Waals surface area contributed by atoms with Crippen molar-refractivity contribution in [1.29, 1.82) is 0 Å². The monoisotopic (exact) mass is 806 g/mol. The van der Waals surface area contributed by atoms with Crippen LogP contribution in [-0.2, 0) is 23.9 Å². The predicted octanol–water partition coefficient (Wildman–Crippen LogP) is 16.1. The molecule has 0 aliphatic rings. The third-order valence-electron chi connectivity index (χ3n) is 12.2. The zero-order valence-corrected chi connectivity index (χ0v) is 38.9. The molecule has 1 atom stereocenters. The van der Waals surface area contributed by atoms with Gasteiger partial charge in [-0.1, -0.05) is 233 Å². The number of rotatable bonds is 45. The number of unbranched alkanes of at least 4 members (excludes halogenated alkanes) is 32. The summed E-state index contributed by atoms with van der Waals surface area (Å²) in [5.74, 6) is -1.50. The molecule has 0 aromatic carbocycles. The third-order valence-corrected chi connectivity index (χ3v) is 12.2. The average molecular weight is 806 g/mol. The summed E-state index contributed by atoms with van der Waals surface area (Å²) in [6, 6.07) is -1.01. The fourth-order valence-electron chi connectivity index (χ4n) is 8.30. The van der Waals surface area contributed by atoms with Gasteiger partial charge in [0.05, 0.1) is 0 Å². The Hall–Kier alpha value is -1.43. The van der Waals surface area contributed by atoms with Crippen LogP contribution in [0.15, 0.2) is 0 Å². The van der Waals surface area contributed by atoms with Crippen LogP contribution in [0.3, 0.4) is 0 Å². The summed E-state index contributed by atoms with van der Waals surface area (Å²) in [4.78, 5) is 38.6. The number of esters is 3. The van der Waals surface area contributed by atoms with Gasteiger partial charge in [0.1, 0.15) is 11.6 Å². The smallest absolute Gasteiger partial charge is 0.330 e. The molecule has 0 spiro atoms. The molecule has 0 aliphatic carbocycles. The molecular weight excluding hydrogens is 707 g/mol. The van der Waals surface area contributed by atoms with Crippen LogP contribution >= 0.6 is 0 Å². The minimum atomic E-state index is -1.01. The standard InChI is InChI=1S/C51H99NO5/c1-5-9-13-17-21-23-24-25-26-27-28-29-31-33-37-41-48(53)56-50(55)47(52)42-43-49(54)57-51(44-38-34-19-15-11-7-3,45-39-35-20-16-12-8-4)46-40-36-32-30-22-18-14-10-6-2/h47H,5-46,52H2,1-4H3. The Morgan fingerprint density at radius 3 is 0.982 bits per heavy atom. The van der Waals surface area contributed by atoms with Gasteiger partial charge in [-0.2, -0.15) is 0 Å². The van der Waals surface area contributed by atoms with Gasteiger partial charge in [-0.15, -0.1) is 0 Å². The second-order valence-electron chi connectivity index (χ2n) is 17.9. The number of ether oxygens (including phenoxy) is 2. The van der Waals surface area contributed by atoms with Crippen molar-refractivity contribution in [1.82, 2.24) is 0 Å². The van der Waals surface area contributed by atoms with Gasteiger partial charge in [0, 0.05) is 12.8 Å². The molecule has 6 heteroatoms. The van der Waals surface area contributed by atoms with Crippen molar-refractivity contribution in [2.45, 2.75) is 309 Å². The van der Waals surface area contributed by atoms with E-state index in [9.17, 15) is 14.4 Å². The highest BCUT2D eigenvalue weighted by molar-refractivity contribution is 5.88. The number of hydrogen-bond donors (Lipinski definition) is 1. The molecule has 338 valence electrons. The fraction of sp³-hybridized carbons (Fsp3) is 0.941. The summed E-state index contributed by atoms with van der Waals surface area (Å²) in [5.41, 5.74) is 5.73. The van der Waals surface area contributed by atoms with Gasteiger partial charge in [0.15, 0.2) is 0 Å². The average Bonchev–Trinajstić information content (AvgIpc) is 3.20. The van der Waals surface area contributed by atoms with Crippen LogP contribution in [0, 0.1) is 0 Å². The maximum Gasteiger partial charge on any atom is 0.330 e. The van der Waals surface area contributed by atoms with E-state index >= 15 is 0 Å². The maximum atomic E-state index is 13.5. The number of carbonyl (C=O) groups excluding carboxylic acids is 3. The normalized spacial score (nSPS) is 12.2. The molecule has 6 nitrogen and oxygen atoms in total. The Balaban J connectivity index is 4.78. The molecule has 57 heavy (non-hydrogen) atoms. The molecule has 0 rings (SSSR count). The van der Waals surface area contributed by atoms with Crippen LogP contribution in [0.5, 0.6) is 0 Å². The largest absolute Gasteiger partial charge is 0.459 e. The van der Waals surface area contributed by atoms with E-state index < -0.39 is 23.6 Å². The van der Waals surface area contributed by atoms with Crippen LogP contribution in [0.4, 0.5) is 0 Å². The molecule has 0 aliphatic heterocycles. The number of carbonyl (C=O) groups is 3. The van der Waals surface area contributed by atoms with E-state index in [1.165, 1.54) is 193 Å². The molecular formula is C51H99NO5. The summed E-state index contributed by atoms with van der Waals surface area (Å²) >= 11 is 0. The lowest BCUT2D eigenvalue weighted by atomic mass is 9.84. The third kappa shape index (κ3) is 37.3. The van der Waals surface area contributed by atoms with Gasteiger partial charge in [0.2, 0.25) is 0 Å². The molecule has 0 saturated heterocycles. The summed E-state index contributed by atoms with van der Waals surface area (Å²) in [6.45, 7) is 9.04. The van der Waals surface area contributed by atoms with Gasteiger partial charge < -0.3 is 15.2 Å². The van der Waals surface area contributed by atoms with Crippen molar-refractivity contribution in [3.63, 3.8) is 0 Å². The molecule has 0 heterocycles. The van der Waals surface area contributed by atoms with Gasteiger partial charge in [0.25, 0.3) is 0 Å². The Labute approximate surface area is 355 Å². The highest BCUT2D eigenvalue weighted by Gasteiger charge is 2.33. The molecule has 0 aromatic heterocycles. The van der Waals surface area contributed by atoms with E-state index in [0.717, 1.165) is 57.8 Å². The van der Waals surface area contributed by atoms with Crippen molar-refractivity contribution < 1.29 is 23.9 Å². The van der Waals surface area contributed by atoms with E-state index in [1.54, 1.807) is 0 Å². The highest BCUT2D eigenvalue weighted by Crippen LogP contribution is 2.34. The van der Waals surface area contributed by atoms with Crippen molar-refractivity contribution >= 4 is 17.9 Å². The number of hydrogen-bond acceptors (Lipinski definition) is 6. The first-order valence-electron chi connectivity index (χ1n) is 25.6. The molecule has 2 N–H and O–H groups in total. The SMILES string of the molecule is CCCCCCCCCCCCCCCCCC(=O)OC(=O)C(N)CCC(=O)OC(CCCCCCCC)(CCCCCCCC)CCCCCCCCCCC. The molecule has 0 radical (unpaired) electrons. The van der Waals surface area contributed by atoms with Crippen LogP contribution in [0.1, 0.15) is 297 Å². The van der Waals surface area contributed by atoms with Crippen molar-refractivity contribution in [3.05, 3.63) is 0 Å². The zero-order valence-electron chi connectivity index (χ0n) is 38.9. The predicted molar refractivity (Wildman–Crippen MR) is 245 cm³/mol. The van der Waals surface area contributed by atoms with Crippen molar-refractivity contribution in [2.24, 2.45) is 5.73 Å². The van der Waals surface area contributed by atoms with E-state index in [0.29, 0.717) is 0 Å². The van der Waals surface area contributed by atoms with Crippen LogP contribution < -0.4 is 5.73 Å². The molecule has 1 unspecified atom stereocenters. The Morgan fingerprint density at radius 1 is 0.386 bits per heavy atom. The van der Waals surface area contributed by atoms with E-state index in [1.807, 2.05) is 0 Å². The van der Waals surface area contributed by atoms with Gasteiger partial charge in [-0.25, -0.2) is 4.79 Å². The number of nitrogens with two attached hydrogens (primary N) is 1. The second kappa shape index (κ2) is 42.7. The lowest BCUT2D eigenvalue weighted by Gasteiger charge is -2.34. The topological polar surface area (TPSA) is 95.7 Å². The first kappa shape index (κ1) is 55.6. The molecule has 0 fully saturated rings. The molecule has 0 bridgehead atoms. The van der Waals surface area contributed by atoms with Crippen molar-refractivity contribution in [3.8, 4) is 0 Å².